The van der Waals surface area contributed by atoms with E-state index in [1.54, 1.807) is 24.5 Å². The van der Waals surface area contributed by atoms with Crippen LogP contribution in [0.3, 0.4) is 0 Å². The summed E-state index contributed by atoms with van der Waals surface area (Å²) in [7, 11) is -3.67. The van der Waals surface area contributed by atoms with Crippen LogP contribution in [0.1, 0.15) is 17.5 Å². The number of rotatable bonds is 4. The van der Waals surface area contributed by atoms with Gasteiger partial charge in [-0.1, -0.05) is 24.3 Å². The standard InChI is InChI=1S/C21H23F2N3O2.CH4O3S/c22-21(23)14-26(10-7-17(21)13-25-18-5-8-24-9-6-18)20(27)28-19-11-15-3-1-2-4-16(15)12-19;1-5(2,3)4/h1-6,8-9,17,19H,7,10-14H2,(H,24,25);1H3,(H,2,3,4). The lowest BCUT2D eigenvalue weighted by Gasteiger charge is -2.38. The zero-order valence-electron chi connectivity index (χ0n) is 18.2. The molecule has 2 aliphatic rings. The Morgan fingerprint density at radius 1 is 1.21 bits per heavy atom. The van der Waals surface area contributed by atoms with E-state index in [9.17, 15) is 22.0 Å². The lowest BCUT2D eigenvalue weighted by Crippen LogP contribution is -2.53. The van der Waals surface area contributed by atoms with Crippen LogP contribution in [0.5, 0.6) is 0 Å². The molecule has 1 aromatic carbocycles. The van der Waals surface area contributed by atoms with Crippen LogP contribution in [0.15, 0.2) is 48.8 Å². The van der Waals surface area contributed by atoms with Gasteiger partial charge in [0.05, 0.1) is 12.8 Å². The first kappa shape index (κ1) is 24.8. The number of carbonyl (C=O) groups is 1. The summed E-state index contributed by atoms with van der Waals surface area (Å²) in [5, 5.41) is 3.03. The van der Waals surface area contributed by atoms with Crippen molar-refractivity contribution in [3.05, 3.63) is 59.9 Å². The highest BCUT2D eigenvalue weighted by atomic mass is 32.2. The number of piperidine rings is 1. The van der Waals surface area contributed by atoms with Gasteiger partial charge in [0, 0.05) is 49.9 Å². The number of nitrogens with zero attached hydrogens (tertiary/aromatic N) is 2. The van der Waals surface area contributed by atoms with Gasteiger partial charge in [0.15, 0.2) is 0 Å². The predicted molar refractivity (Wildman–Crippen MR) is 119 cm³/mol. The predicted octanol–water partition coefficient (Wildman–Crippen LogP) is 3.26. The van der Waals surface area contributed by atoms with Crippen LogP contribution in [-0.4, -0.2) is 66.9 Å². The molecule has 1 aromatic heterocycles. The van der Waals surface area contributed by atoms with Crippen molar-refractivity contribution in [3.63, 3.8) is 0 Å². The molecule has 4 rings (SSSR count). The van der Waals surface area contributed by atoms with E-state index in [0.717, 1.165) is 21.7 Å². The normalized spacial score (nSPS) is 19.8. The number of hydrogen-bond acceptors (Lipinski definition) is 6. The summed E-state index contributed by atoms with van der Waals surface area (Å²) >= 11 is 0. The number of likely N-dealkylation sites (tertiary alicyclic amines) is 1. The number of hydrogen-bond donors (Lipinski definition) is 2. The Morgan fingerprint density at radius 3 is 2.33 bits per heavy atom. The maximum absolute atomic E-state index is 14.6. The number of halogens is 2. The molecule has 2 heterocycles. The molecule has 1 saturated heterocycles. The van der Waals surface area contributed by atoms with Gasteiger partial charge in [0.2, 0.25) is 0 Å². The molecule has 0 spiro atoms. The molecule has 0 saturated carbocycles. The monoisotopic (exact) mass is 483 g/mol. The van der Waals surface area contributed by atoms with Crippen LogP contribution in [0.4, 0.5) is 19.3 Å². The second-order valence-electron chi connectivity index (χ2n) is 8.20. The number of alkyl halides is 2. The van der Waals surface area contributed by atoms with Crippen molar-refractivity contribution in [3.8, 4) is 0 Å². The molecule has 0 radical (unpaired) electrons. The van der Waals surface area contributed by atoms with Crippen molar-refractivity contribution >= 4 is 21.9 Å². The van der Waals surface area contributed by atoms with Gasteiger partial charge < -0.3 is 15.0 Å². The first-order valence-electron chi connectivity index (χ1n) is 10.5. The zero-order valence-corrected chi connectivity index (χ0v) is 19.0. The maximum Gasteiger partial charge on any atom is 0.410 e. The van der Waals surface area contributed by atoms with E-state index in [-0.39, 0.29) is 25.6 Å². The minimum atomic E-state index is -3.67. The van der Waals surface area contributed by atoms with Crippen molar-refractivity contribution in [2.75, 3.05) is 31.2 Å². The molecule has 180 valence electrons. The number of benzene rings is 1. The fraction of sp³-hybridized carbons (Fsp3) is 0.455. The number of ether oxygens (including phenoxy) is 1. The summed E-state index contributed by atoms with van der Waals surface area (Å²) in [4.78, 5) is 17.5. The molecule has 11 heteroatoms. The molecular formula is C22H27F2N3O5S. The second kappa shape index (κ2) is 10.4. The Balaban J connectivity index is 0.000000555. The molecule has 8 nitrogen and oxygen atoms in total. The van der Waals surface area contributed by atoms with Crippen LogP contribution in [0.2, 0.25) is 0 Å². The highest BCUT2D eigenvalue weighted by molar-refractivity contribution is 7.85. The minimum absolute atomic E-state index is 0.151. The first-order valence-corrected chi connectivity index (χ1v) is 12.3. The quantitative estimate of drug-likeness (QED) is 0.643. The SMILES string of the molecule is CS(=O)(=O)O.O=C(OC1Cc2ccccc2C1)N1CCC(CNc2ccncc2)C(F)(F)C1. The highest BCUT2D eigenvalue weighted by Crippen LogP contribution is 2.34. The van der Waals surface area contributed by atoms with Crippen LogP contribution in [0, 0.1) is 5.92 Å². The number of anilines is 1. The lowest BCUT2D eigenvalue weighted by atomic mass is 9.93. The Kier molecular flexibility index (Phi) is 7.85. The van der Waals surface area contributed by atoms with E-state index in [4.69, 9.17) is 9.29 Å². The van der Waals surface area contributed by atoms with E-state index in [2.05, 4.69) is 10.3 Å². The minimum Gasteiger partial charge on any atom is -0.445 e. The third kappa shape index (κ3) is 7.64. The van der Waals surface area contributed by atoms with Crippen molar-refractivity contribution in [1.29, 1.82) is 0 Å². The van der Waals surface area contributed by atoms with E-state index < -0.39 is 34.6 Å². The average molecular weight is 484 g/mol. The van der Waals surface area contributed by atoms with Crippen molar-refractivity contribution in [2.24, 2.45) is 5.92 Å². The molecular weight excluding hydrogens is 456 g/mol. The number of nitrogens with one attached hydrogen (secondary N) is 1. The van der Waals surface area contributed by atoms with Gasteiger partial charge >= 0.3 is 6.09 Å². The lowest BCUT2D eigenvalue weighted by molar-refractivity contribution is -0.103. The van der Waals surface area contributed by atoms with Gasteiger partial charge in [0.25, 0.3) is 16.0 Å². The first-order chi connectivity index (χ1) is 15.5. The summed E-state index contributed by atoms with van der Waals surface area (Å²) in [6.45, 7) is -0.178. The third-order valence-corrected chi connectivity index (χ3v) is 5.52. The smallest absolute Gasteiger partial charge is 0.410 e. The fourth-order valence-electron chi connectivity index (χ4n) is 3.92. The molecule has 1 unspecified atom stereocenters. The number of carbonyl (C=O) groups excluding carboxylic acids is 1. The zero-order chi connectivity index (χ0) is 24.1. The summed E-state index contributed by atoms with van der Waals surface area (Å²) in [5.74, 6) is -3.80. The number of fused-ring (bicyclic) bond motifs is 1. The van der Waals surface area contributed by atoms with Gasteiger partial charge in [-0.05, 0) is 29.7 Å². The van der Waals surface area contributed by atoms with E-state index in [0.29, 0.717) is 19.1 Å². The molecule has 1 aliphatic heterocycles. The number of pyridine rings is 1. The third-order valence-electron chi connectivity index (χ3n) is 5.52. The largest absolute Gasteiger partial charge is 0.445 e. The topological polar surface area (TPSA) is 109 Å². The van der Waals surface area contributed by atoms with Gasteiger partial charge in [-0.15, -0.1) is 0 Å². The molecule has 1 amide bonds. The molecule has 1 aliphatic carbocycles. The Labute approximate surface area is 191 Å². The maximum atomic E-state index is 14.6. The summed E-state index contributed by atoms with van der Waals surface area (Å²) in [6, 6.07) is 11.4. The summed E-state index contributed by atoms with van der Waals surface area (Å²) in [6.07, 6.45) is 4.54. The van der Waals surface area contributed by atoms with Crippen LogP contribution in [-0.2, 0) is 27.7 Å². The van der Waals surface area contributed by atoms with Crippen molar-refractivity contribution in [1.82, 2.24) is 9.88 Å². The summed E-state index contributed by atoms with van der Waals surface area (Å²) in [5.41, 5.74) is 3.08. The highest BCUT2D eigenvalue weighted by Gasteiger charge is 2.46. The second-order valence-corrected chi connectivity index (χ2v) is 9.67. The van der Waals surface area contributed by atoms with Crippen LogP contribution < -0.4 is 5.32 Å². The Bertz CT molecular complexity index is 1020. The van der Waals surface area contributed by atoms with Gasteiger partial charge in [-0.25, -0.2) is 13.6 Å². The molecule has 1 atom stereocenters. The van der Waals surface area contributed by atoms with Gasteiger partial charge in [0.1, 0.15) is 6.10 Å². The fourth-order valence-corrected chi connectivity index (χ4v) is 3.92. The Hall–Kier alpha value is -2.79. The molecule has 1 fully saturated rings. The van der Waals surface area contributed by atoms with Crippen molar-refractivity contribution in [2.45, 2.75) is 31.3 Å². The number of amides is 1. The molecule has 33 heavy (non-hydrogen) atoms. The van der Waals surface area contributed by atoms with Crippen LogP contribution >= 0.6 is 0 Å². The van der Waals surface area contributed by atoms with Gasteiger partial charge in [-0.3, -0.25) is 9.54 Å². The summed E-state index contributed by atoms with van der Waals surface area (Å²) < 4.78 is 60.6. The Morgan fingerprint density at radius 2 is 1.79 bits per heavy atom. The number of aromatic nitrogens is 1. The van der Waals surface area contributed by atoms with E-state index in [1.165, 1.54) is 0 Å². The van der Waals surface area contributed by atoms with Crippen LogP contribution in [0.25, 0.3) is 0 Å². The van der Waals surface area contributed by atoms with Crippen molar-refractivity contribution < 1.29 is 31.3 Å². The molecule has 2 N–H and O–H groups in total. The molecule has 0 bridgehead atoms. The average Bonchev–Trinajstić information content (AvgIpc) is 3.14. The van der Waals surface area contributed by atoms with E-state index in [1.807, 2.05) is 24.3 Å². The van der Waals surface area contributed by atoms with E-state index >= 15 is 0 Å². The van der Waals surface area contributed by atoms with Gasteiger partial charge in [-0.2, -0.15) is 8.42 Å². The molecule has 2 aromatic rings.